The minimum absolute atomic E-state index is 0.174. The Morgan fingerprint density at radius 1 is 1.32 bits per heavy atom. The van der Waals surface area contributed by atoms with Gasteiger partial charge in [-0.25, -0.2) is 4.98 Å². The van der Waals surface area contributed by atoms with E-state index in [-0.39, 0.29) is 5.97 Å². The van der Waals surface area contributed by atoms with Gasteiger partial charge >= 0.3 is 5.97 Å². The number of hydrogen-bond acceptors (Lipinski definition) is 6. The molecule has 2 atom stereocenters. The first kappa shape index (κ1) is 17.6. The number of piperidine rings is 1. The highest BCUT2D eigenvalue weighted by Gasteiger charge is 2.27. The molecular weight excluding hydrogens is 318 g/mol. The molecule has 0 spiro atoms. The van der Waals surface area contributed by atoms with Gasteiger partial charge in [-0.3, -0.25) is 4.79 Å². The summed E-state index contributed by atoms with van der Waals surface area (Å²) in [6.07, 6.45) is 3.72. The predicted molar refractivity (Wildman–Crippen MR) is 95.6 cm³/mol. The van der Waals surface area contributed by atoms with Crippen LogP contribution in [-0.2, 0) is 16.0 Å². The number of esters is 1. The first-order chi connectivity index (χ1) is 12.0. The molecule has 7 heteroatoms. The Morgan fingerprint density at radius 2 is 2.04 bits per heavy atom. The van der Waals surface area contributed by atoms with Gasteiger partial charge in [-0.1, -0.05) is 13.8 Å². The maximum Gasteiger partial charge on any atom is 0.306 e. The van der Waals surface area contributed by atoms with E-state index in [2.05, 4.69) is 33.8 Å². The third-order valence-electron chi connectivity index (χ3n) is 4.76. The topological polar surface area (TPSA) is 72.6 Å². The molecule has 0 bridgehead atoms. The molecule has 2 aromatic heterocycles. The van der Waals surface area contributed by atoms with Crippen molar-refractivity contribution >= 4 is 17.6 Å². The molecule has 0 aliphatic carbocycles. The van der Waals surface area contributed by atoms with Gasteiger partial charge in [-0.2, -0.15) is 14.6 Å². The van der Waals surface area contributed by atoms with Crippen molar-refractivity contribution in [2.45, 2.75) is 47.0 Å². The van der Waals surface area contributed by atoms with Gasteiger partial charge in [-0.15, -0.1) is 0 Å². The summed E-state index contributed by atoms with van der Waals surface area (Å²) in [5.74, 6) is 2.70. The average molecular weight is 345 g/mol. The van der Waals surface area contributed by atoms with Gasteiger partial charge in [-0.05, 0) is 38.5 Å². The standard InChI is InChI=1S/C18H27N5O2/c1-5-25-16(24)7-6-15-14(4)21-18-19-11-20-23(18)17(15)22-9-12(2)8-13(3)10-22/h11-13H,5-10H2,1-4H3/t12-,13-/m0/s1. The van der Waals surface area contributed by atoms with Crippen molar-refractivity contribution in [1.82, 2.24) is 19.6 Å². The highest BCUT2D eigenvalue weighted by molar-refractivity contribution is 5.70. The molecule has 3 heterocycles. The molecule has 0 unspecified atom stereocenters. The quantitative estimate of drug-likeness (QED) is 0.775. The van der Waals surface area contributed by atoms with Crippen LogP contribution in [0.15, 0.2) is 6.33 Å². The van der Waals surface area contributed by atoms with Crippen molar-refractivity contribution in [3.05, 3.63) is 17.6 Å². The summed E-state index contributed by atoms with van der Waals surface area (Å²) >= 11 is 0. The summed E-state index contributed by atoms with van der Waals surface area (Å²) in [4.78, 5) is 23.1. The maximum atomic E-state index is 11.8. The zero-order valence-corrected chi connectivity index (χ0v) is 15.5. The fourth-order valence-electron chi connectivity index (χ4n) is 3.88. The van der Waals surface area contributed by atoms with E-state index in [4.69, 9.17) is 4.74 Å². The third-order valence-corrected chi connectivity index (χ3v) is 4.76. The lowest BCUT2D eigenvalue weighted by molar-refractivity contribution is -0.143. The van der Waals surface area contributed by atoms with Crippen molar-refractivity contribution in [3.63, 3.8) is 0 Å². The lowest BCUT2D eigenvalue weighted by Crippen LogP contribution is -2.40. The fraction of sp³-hybridized carbons (Fsp3) is 0.667. The van der Waals surface area contributed by atoms with Gasteiger partial charge in [0.25, 0.3) is 5.78 Å². The summed E-state index contributed by atoms with van der Waals surface area (Å²) in [5.41, 5.74) is 1.97. The van der Waals surface area contributed by atoms with E-state index in [9.17, 15) is 4.79 Å². The monoisotopic (exact) mass is 345 g/mol. The molecule has 136 valence electrons. The fourth-order valence-corrected chi connectivity index (χ4v) is 3.88. The second-order valence-corrected chi connectivity index (χ2v) is 7.13. The molecule has 25 heavy (non-hydrogen) atoms. The molecule has 0 saturated carbocycles. The van der Waals surface area contributed by atoms with E-state index in [0.717, 1.165) is 30.2 Å². The van der Waals surface area contributed by atoms with Gasteiger partial charge in [0.1, 0.15) is 12.1 Å². The number of aromatic nitrogens is 4. The van der Waals surface area contributed by atoms with Crippen LogP contribution in [0.5, 0.6) is 0 Å². The third kappa shape index (κ3) is 3.75. The summed E-state index contributed by atoms with van der Waals surface area (Å²) in [6, 6.07) is 0. The van der Waals surface area contributed by atoms with Gasteiger partial charge in [0.05, 0.1) is 6.61 Å². The van der Waals surface area contributed by atoms with Gasteiger partial charge in [0.15, 0.2) is 0 Å². The summed E-state index contributed by atoms with van der Waals surface area (Å²) in [7, 11) is 0. The number of fused-ring (bicyclic) bond motifs is 1. The minimum atomic E-state index is -0.174. The van der Waals surface area contributed by atoms with Crippen molar-refractivity contribution < 1.29 is 9.53 Å². The van der Waals surface area contributed by atoms with Crippen molar-refractivity contribution in [3.8, 4) is 0 Å². The number of nitrogens with zero attached hydrogens (tertiary/aromatic N) is 5. The predicted octanol–water partition coefficient (Wildman–Crippen LogP) is 2.41. The molecule has 1 fully saturated rings. The van der Waals surface area contributed by atoms with Crippen LogP contribution in [0.3, 0.4) is 0 Å². The van der Waals surface area contributed by atoms with Crippen LogP contribution in [0, 0.1) is 18.8 Å². The molecule has 3 rings (SSSR count). The van der Waals surface area contributed by atoms with Crippen LogP contribution in [0.1, 0.15) is 44.9 Å². The Balaban J connectivity index is 1.99. The van der Waals surface area contributed by atoms with E-state index in [1.807, 2.05) is 18.4 Å². The normalized spacial score (nSPS) is 20.9. The van der Waals surface area contributed by atoms with Crippen LogP contribution in [0.2, 0.25) is 0 Å². The second kappa shape index (κ2) is 7.37. The minimum Gasteiger partial charge on any atom is -0.466 e. The van der Waals surface area contributed by atoms with E-state index < -0.39 is 0 Å². The Labute approximate surface area is 148 Å². The number of rotatable bonds is 5. The van der Waals surface area contributed by atoms with Crippen LogP contribution in [0.25, 0.3) is 5.78 Å². The van der Waals surface area contributed by atoms with E-state index in [1.54, 1.807) is 0 Å². The number of carbonyl (C=O) groups is 1. The number of hydrogen-bond donors (Lipinski definition) is 0. The van der Waals surface area contributed by atoms with Crippen molar-refractivity contribution in [2.24, 2.45) is 11.8 Å². The smallest absolute Gasteiger partial charge is 0.306 e. The number of anilines is 1. The summed E-state index contributed by atoms with van der Waals surface area (Å²) < 4.78 is 6.91. The molecular formula is C18H27N5O2. The second-order valence-electron chi connectivity index (χ2n) is 7.13. The lowest BCUT2D eigenvalue weighted by atomic mass is 9.91. The molecule has 1 aliphatic rings. The largest absolute Gasteiger partial charge is 0.466 e. The first-order valence-electron chi connectivity index (χ1n) is 9.09. The van der Waals surface area contributed by atoms with Gasteiger partial charge < -0.3 is 9.64 Å². The first-order valence-corrected chi connectivity index (χ1v) is 9.09. The average Bonchev–Trinajstić information content (AvgIpc) is 2.99. The van der Waals surface area contributed by atoms with E-state index >= 15 is 0 Å². The van der Waals surface area contributed by atoms with Crippen LogP contribution in [-0.4, -0.2) is 45.2 Å². The van der Waals surface area contributed by atoms with Crippen LogP contribution in [0.4, 0.5) is 5.82 Å². The summed E-state index contributed by atoms with van der Waals surface area (Å²) in [5, 5.41) is 4.39. The number of ether oxygens (including phenoxy) is 1. The molecule has 0 N–H and O–H groups in total. The van der Waals surface area contributed by atoms with Crippen LogP contribution < -0.4 is 4.90 Å². The molecule has 0 aromatic carbocycles. The zero-order valence-electron chi connectivity index (χ0n) is 15.5. The molecule has 1 saturated heterocycles. The molecule has 2 aromatic rings. The Morgan fingerprint density at radius 3 is 2.72 bits per heavy atom. The highest BCUT2D eigenvalue weighted by Crippen LogP contribution is 2.30. The Bertz CT molecular complexity index is 747. The number of aryl methyl sites for hydroxylation is 1. The number of carbonyl (C=O) groups excluding carboxylic acids is 1. The summed E-state index contributed by atoms with van der Waals surface area (Å²) in [6.45, 7) is 10.8. The van der Waals surface area contributed by atoms with Gasteiger partial charge in [0.2, 0.25) is 0 Å². The molecule has 1 aliphatic heterocycles. The molecule has 7 nitrogen and oxygen atoms in total. The van der Waals surface area contributed by atoms with Gasteiger partial charge in [0, 0.05) is 30.8 Å². The molecule has 0 radical (unpaired) electrons. The molecule has 0 amide bonds. The van der Waals surface area contributed by atoms with Crippen molar-refractivity contribution in [1.29, 1.82) is 0 Å². The lowest BCUT2D eigenvalue weighted by Gasteiger charge is -2.37. The maximum absolute atomic E-state index is 11.8. The van der Waals surface area contributed by atoms with E-state index in [0.29, 0.717) is 37.1 Å². The zero-order chi connectivity index (χ0) is 18.0. The highest BCUT2D eigenvalue weighted by atomic mass is 16.5. The Kier molecular flexibility index (Phi) is 5.20. The van der Waals surface area contributed by atoms with E-state index in [1.165, 1.54) is 12.7 Å². The van der Waals surface area contributed by atoms with Crippen molar-refractivity contribution in [2.75, 3.05) is 24.6 Å². The SMILES string of the molecule is CCOC(=O)CCc1c(C)nc2ncnn2c1N1C[C@@H](C)C[C@H](C)C1. The Hall–Kier alpha value is -2.18. The van der Waals surface area contributed by atoms with Crippen LogP contribution >= 0.6 is 0 Å².